The van der Waals surface area contributed by atoms with Gasteiger partial charge in [-0.15, -0.1) is 0 Å². The maximum Gasteiger partial charge on any atom is 0.418 e. The van der Waals surface area contributed by atoms with Crippen LogP contribution >= 0.6 is 50.7 Å². The molecule has 2 aromatic carbocycles. The van der Waals surface area contributed by atoms with Crippen molar-refractivity contribution in [2.75, 3.05) is 11.4 Å². The van der Waals surface area contributed by atoms with E-state index in [0.717, 1.165) is 0 Å². The number of hydrogen-bond donors (Lipinski definition) is 0. The standard InChI is InChI=1S/C16H9BrCl3F4N3O4/c1-2-3-25(15-11(19)10(18)9(17)13(21)12(15)20)14-7(16(22,23)24)4-6(26(28)29)5-8(14)27(30)31/h4-5H,2-3H2,1H3. The zero-order chi connectivity index (χ0) is 23.8. The first kappa shape index (κ1) is 25.4. The van der Waals surface area contributed by atoms with Crippen molar-refractivity contribution in [2.45, 2.75) is 19.5 Å². The minimum Gasteiger partial charge on any atom is -0.333 e. The van der Waals surface area contributed by atoms with E-state index in [0.29, 0.717) is 11.0 Å². The Morgan fingerprint density at radius 2 is 1.61 bits per heavy atom. The van der Waals surface area contributed by atoms with Gasteiger partial charge in [0.15, 0.2) is 5.82 Å². The Bertz CT molecular complexity index is 1060. The summed E-state index contributed by atoms with van der Waals surface area (Å²) in [6.45, 7) is 1.18. The lowest BCUT2D eigenvalue weighted by Crippen LogP contribution is -2.24. The van der Waals surface area contributed by atoms with Gasteiger partial charge in [-0.25, -0.2) is 4.39 Å². The number of halogens is 8. The highest BCUT2D eigenvalue weighted by atomic mass is 79.9. The Labute approximate surface area is 194 Å². The maximum absolute atomic E-state index is 14.5. The van der Waals surface area contributed by atoms with Crippen molar-refractivity contribution < 1.29 is 27.4 Å². The van der Waals surface area contributed by atoms with Gasteiger partial charge < -0.3 is 4.90 Å². The quantitative estimate of drug-likeness (QED) is 0.116. The molecule has 0 aliphatic carbocycles. The van der Waals surface area contributed by atoms with Gasteiger partial charge in [-0.1, -0.05) is 41.7 Å². The predicted octanol–water partition coefficient (Wildman–Crippen LogP) is 7.93. The molecule has 0 radical (unpaired) electrons. The number of non-ortho nitro benzene ring substituents is 1. The highest BCUT2D eigenvalue weighted by molar-refractivity contribution is 9.10. The molecule has 0 N–H and O–H groups in total. The fourth-order valence-electron chi connectivity index (χ4n) is 2.74. The fourth-order valence-corrected chi connectivity index (χ4v) is 4.17. The van der Waals surface area contributed by atoms with Crippen LogP contribution in [-0.4, -0.2) is 16.4 Å². The Hall–Kier alpha value is -1.89. The summed E-state index contributed by atoms with van der Waals surface area (Å²) < 4.78 is 55.6. The highest BCUT2D eigenvalue weighted by Gasteiger charge is 2.42. The summed E-state index contributed by atoms with van der Waals surface area (Å²) in [7, 11) is 0. The van der Waals surface area contributed by atoms with Gasteiger partial charge in [-0.2, -0.15) is 13.2 Å². The van der Waals surface area contributed by atoms with Gasteiger partial charge in [0.25, 0.3) is 11.4 Å². The topological polar surface area (TPSA) is 89.5 Å². The van der Waals surface area contributed by atoms with Gasteiger partial charge in [0.2, 0.25) is 0 Å². The minimum atomic E-state index is -5.26. The van der Waals surface area contributed by atoms with E-state index >= 15 is 0 Å². The molecule has 0 aliphatic rings. The van der Waals surface area contributed by atoms with Gasteiger partial charge in [0.1, 0.15) is 10.7 Å². The molecule has 0 aliphatic heterocycles. The van der Waals surface area contributed by atoms with Crippen molar-refractivity contribution >= 4 is 73.5 Å². The van der Waals surface area contributed by atoms with E-state index in [2.05, 4.69) is 15.9 Å². The summed E-state index contributed by atoms with van der Waals surface area (Å²) in [5.41, 5.74) is -5.75. The third kappa shape index (κ3) is 4.81. The number of hydrogen-bond acceptors (Lipinski definition) is 5. The Morgan fingerprint density at radius 1 is 1.03 bits per heavy atom. The molecule has 0 saturated carbocycles. The van der Waals surface area contributed by atoms with Gasteiger partial charge in [-0.05, 0) is 22.4 Å². The van der Waals surface area contributed by atoms with Crippen LogP contribution in [0.3, 0.4) is 0 Å². The van der Waals surface area contributed by atoms with Crippen LogP contribution in [0.25, 0.3) is 0 Å². The molecular formula is C16H9BrCl3F4N3O4. The smallest absolute Gasteiger partial charge is 0.333 e. The molecule has 0 amide bonds. The van der Waals surface area contributed by atoms with Gasteiger partial charge in [0, 0.05) is 12.6 Å². The van der Waals surface area contributed by atoms with Gasteiger partial charge in [0.05, 0.1) is 41.7 Å². The van der Waals surface area contributed by atoms with Crippen molar-refractivity contribution in [1.29, 1.82) is 0 Å². The van der Waals surface area contributed by atoms with Crippen LogP contribution in [0, 0.1) is 26.0 Å². The average Bonchev–Trinajstić information content (AvgIpc) is 2.68. The van der Waals surface area contributed by atoms with Crippen LogP contribution in [0.4, 0.5) is 40.3 Å². The van der Waals surface area contributed by atoms with E-state index in [1.165, 1.54) is 6.92 Å². The number of anilines is 2. The van der Waals surface area contributed by atoms with E-state index < -0.39 is 65.2 Å². The number of nitro benzene ring substituents is 2. The fraction of sp³-hybridized carbons (Fsp3) is 0.250. The molecule has 0 aromatic heterocycles. The first-order valence-corrected chi connectivity index (χ1v) is 9.99. The summed E-state index contributed by atoms with van der Waals surface area (Å²) >= 11 is 20.9. The minimum absolute atomic E-state index is 0.105. The molecule has 0 heterocycles. The summed E-state index contributed by atoms with van der Waals surface area (Å²) in [6, 6.07) is 0.509. The highest BCUT2D eigenvalue weighted by Crippen LogP contribution is 2.52. The number of nitrogens with zero attached hydrogens (tertiary/aromatic N) is 3. The van der Waals surface area contributed by atoms with E-state index in [1.54, 1.807) is 0 Å². The zero-order valence-electron chi connectivity index (χ0n) is 15.1. The lowest BCUT2D eigenvalue weighted by Gasteiger charge is -2.29. The van der Waals surface area contributed by atoms with Crippen LogP contribution in [0.1, 0.15) is 18.9 Å². The maximum atomic E-state index is 14.5. The van der Waals surface area contributed by atoms with E-state index in [9.17, 15) is 37.8 Å². The van der Waals surface area contributed by atoms with E-state index in [-0.39, 0.29) is 23.5 Å². The lowest BCUT2D eigenvalue weighted by molar-refractivity contribution is -0.394. The average molecular weight is 570 g/mol. The molecule has 0 atom stereocenters. The lowest BCUT2D eigenvalue weighted by atomic mass is 10.1. The Morgan fingerprint density at radius 3 is 2.06 bits per heavy atom. The summed E-state index contributed by atoms with van der Waals surface area (Å²) in [4.78, 5) is 20.9. The van der Waals surface area contributed by atoms with E-state index in [4.69, 9.17) is 34.8 Å². The number of alkyl halides is 3. The van der Waals surface area contributed by atoms with Crippen molar-refractivity contribution in [3.63, 3.8) is 0 Å². The SMILES string of the molecule is CCCN(c1c([N+](=O)[O-])cc([N+](=O)[O-])cc1C(F)(F)F)c1c(Cl)c(F)c(Br)c(Cl)c1Cl. The summed E-state index contributed by atoms with van der Waals surface area (Å²) in [5, 5.41) is 21.0. The second kappa shape index (κ2) is 9.31. The van der Waals surface area contributed by atoms with Crippen molar-refractivity contribution in [3.05, 3.63) is 63.3 Å². The van der Waals surface area contributed by atoms with Gasteiger partial charge >= 0.3 is 6.18 Å². The third-order valence-electron chi connectivity index (χ3n) is 3.96. The van der Waals surface area contributed by atoms with Crippen LogP contribution in [0.5, 0.6) is 0 Å². The van der Waals surface area contributed by atoms with Crippen LogP contribution in [0.15, 0.2) is 16.6 Å². The normalized spacial score (nSPS) is 11.5. The van der Waals surface area contributed by atoms with Crippen molar-refractivity contribution in [2.24, 2.45) is 0 Å². The Balaban J connectivity index is 3.07. The summed E-state index contributed by atoms with van der Waals surface area (Å²) in [5.74, 6) is -1.16. The molecule has 2 rings (SSSR count). The molecule has 168 valence electrons. The molecule has 2 aromatic rings. The number of benzene rings is 2. The molecule has 0 spiro atoms. The molecule has 0 saturated heterocycles. The van der Waals surface area contributed by atoms with Crippen LogP contribution in [0.2, 0.25) is 15.1 Å². The largest absolute Gasteiger partial charge is 0.418 e. The molecule has 15 heteroatoms. The third-order valence-corrected chi connectivity index (χ3v) is 6.12. The molecule has 31 heavy (non-hydrogen) atoms. The van der Waals surface area contributed by atoms with Crippen molar-refractivity contribution in [1.82, 2.24) is 0 Å². The van der Waals surface area contributed by atoms with Crippen molar-refractivity contribution in [3.8, 4) is 0 Å². The first-order valence-electron chi connectivity index (χ1n) is 8.06. The molecular weight excluding hydrogens is 560 g/mol. The zero-order valence-corrected chi connectivity index (χ0v) is 18.9. The molecule has 0 bridgehead atoms. The second-order valence-corrected chi connectivity index (χ2v) is 7.87. The molecule has 0 fully saturated rings. The summed E-state index contributed by atoms with van der Waals surface area (Å²) in [6.07, 6.45) is -5.15. The number of nitro groups is 2. The number of rotatable bonds is 6. The second-order valence-electron chi connectivity index (χ2n) is 5.94. The van der Waals surface area contributed by atoms with Crippen LogP contribution < -0.4 is 4.90 Å². The monoisotopic (exact) mass is 567 g/mol. The Kier molecular flexibility index (Phi) is 7.62. The molecule has 0 unspecified atom stereocenters. The van der Waals surface area contributed by atoms with Gasteiger partial charge in [-0.3, -0.25) is 20.2 Å². The van der Waals surface area contributed by atoms with Crippen LogP contribution in [-0.2, 0) is 6.18 Å². The first-order chi connectivity index (χ1) is 14.2. The predicted molar refractivity (Wildman–Crippen MR) is 111 cm³/mol. The van der Waals surface area contributed by atoms with E-state index in [1.807, 2.05) is 0 Å². The molecule has 7 nitrogen and oxygen atoms in total.